The third-order valence-corrected chi connectivity index (χ3v) is 7.00. The van der Waals surface area contributed by atoms with Crippen LogP contribution in [0.3, 0.4) is 0 Å². The molecule has 18 heavy (non-hydrogen) atoms. The lowest BCUT2D eigenvalue weighted by molar-refractivity contribution is -0.0286. The van der Waals surface area contributed by atoms with Crippen molar-refractivity contribution in [3.63, 3.8) is 0 Å². The quantitative estimate of drug-likeness (QED) is 0.733. The van der Waals surface area contributed by atoms with Crippen LogP contribution in [0.25, 0.3) is 0 Å². The van der Waals surface area contributed by atoms with Gasteiger partial charge in [0.15, 0.2) is 0 Å². The van der Waals surface area contributed by atoms with Gasteiger partial charge in [-0.05, 0) is 80.5 Å². The Balaban J connectivity index is 1.31. The molecule has 0 aliphatic heterocycles. The Morgan fingerprint density at radius 2 is 1.50 bits per heavy atom. The van der Waals surface area contributed by atoms with Crippen molar-refractivity contribution >= 4 is 0 Å². The van der Waals surface area contributed by atoms with Crippen LogP contribution in [0.15, 0.2) is 12.2 Å². The molecule has 4 bridgehead atoms. The highest BCUT2D eigenvalue weighted by Gasteiger charge is 2.50. The number of fused-ring (bicyclic) bond motifs is 1. The summed E-state index contributed by atoms with van der Waals surface area (Å²) in [5.41, 5.74) is 0. The van der Waals surface area contributed by atoms with Crippen molar-refractivity contribution < 1.29 is 0 Å². The molecule has 5 saturated carbocycles. The first-order valence-corrected chi connectivity index (χ1v) is 8.29. The molecule has 98 valence electrons. The molecule has 1 heteroatoms. The van der Waals surface area contributed by atoms with Gasteiger partial charge in [0.05, 0.1) is 0 Å². The van der Waals surface area contributed by atoms with Gasteiger partial charge >= 0.3 is 0 Å². The summed E-state index contributed by atoms with van der Waals surface area (Å²) in [4.78, 5) is 0. The average molecular weight is 243 g/mol. The van der Waals surface area contributed by atoms with E-state index in [1.54, 1.807) is 32.1 Å². The zero-order chi connectivity index (χ0) is 11.7. The fourth-order valence-corrected chi connectivity index (χ4v) is 6.35. The van der Waals surface area contributed by atoms with Gasteiger partial charge in [0.1, 0.15) is 0 Å². The van der Waals surface area contributed by atoms with E-state index in [1.165, 1.54) is 12.8 Å². The summed E-state index contributed by atoms with van der Waals surface area (Å²) in [5, 5.41) is 4.12. The predicted molar refractivity (Wildman–Crippen MR) is 73.1 cm³/mol. The van der Waals surface area contributed by atoms with Gasteiger partial charge < -0.3 is 5.32 Å². The predicted octanol–water partition coefficient (Wildman–Crippen LogP) is 3.37. The summed E-state index contributed by atoms with van der Waals surface area (Å²) in [6.07, 6.45) is 15.6. The molecule has 0 amide bonds. The smallest absolute Gasteiger partial charge is 0.0138 e. The van der Waals surface area contributed by atoms with E-state index in [0.717, 1.165) is 47.6 Å². The van der Waals surface area contributed by atoms with Crippen LogP contribution < -0.4 is 5.32 Å². The van der Waals surface area contributed by atoms with Crippen LogP contribution >= 0.6 is 0 Å². The third kappa shape index (κ3) is 1.37. The van der Waals surface area contributed by atoms with E-state index in [-0.39, 0.29) is 0 Å². The summed E-state index contributed by atoms with van der Waals surface area (Å²) >= 11 is 0. The molecule has 0 aromatic carbocycles. The molecule has 5 fully saturated rings. The third-order valence-electron chi connectivity index (χ3n) is 7.00. The standard InChI is InChI=1S/C17H25N/c1-2-12-9-16(15(12)3-1)18-17-13-5-10-4-11(7-13)8-14(17)6-10/h1,3,10-18H,2,4-9H2. The highest BCUT2D eigenvalue weighted by Crippen LogP contribution is 2.54. The lowest BCUT2D eigenvalue weighted by atomic mass is 9.53. The van der Waals surface area contributed by atoms with Crippen LogP contribution in [0.4, 0.5) is 0 Å². The molecule has 1 nitrogen and oxygen atoms in total. The molecule has 3 unspecified atom stereocenters. The topological polar surface area (TPSA) is 12.0 Å². The zero-order valence-corrected chi connectivity index (χ0v) is 11.2. The van der Waals surface area contributed by atoms with E-state index < -0.39 is 0 Å². The molecule has 0 spiro atoms. The molecule has 1 N–H and O–H groups in total. The number of rotatable bonds is 2. The van der Waals surface area contributed by atoms with Crippen LogP contribution in [-0.2, 0) is 0 Å². The maximum Gasteiger partial charge on any atom is 0.0138 e. The van der Waals surface area contributed by atoms with Crippen molar-refractivity contribution in [2.45, 2.75) is 57.0 Å². The molecular formula is C17H25N. The Morgan fingerprint density at radius 1 is 0.778 bits per heavy atom. The lowest BCUT2D eigenvalue weighted by Crippen LogP contribution is -2.60. The Morgan fingerprint density at radius 3 is 2.17 bits per heavy atom. The summed E-state index contributed by atoms with van der Waals surface area (Å²) in [7, 11) is 0. The Labute approximate surface area is 110 Å². The van der Waals surface area contributed by atoms with Crippen molar-refractivity contribution in [1.29, 1.82) is 0 Å². The first-order valence-electron chi connectivity index (χ1n) is 8.29. The van der Waals surface area contributed by atoms with Crippen LogP contribution in [0.1, 0.15) is 44.9 Å². The molecule has 6 rings (SSSR count). The summed E-state index contributed by atoms with van der Waals surface area (Å²) in [6, 6.07) is 1.74. The van der Waals surface area contributed by atoms with Crippen LogP contribution in [0.2, 0.25) is 0 Å². The van der Waals surface area contributed by atoms with E-state index in [9.17, 15) is 0 Å². The molecule has 6 aliphatic carbocycles. The minimum atomic E-state index is 0.844. The number of allylic oxidation sites excluding steroid dienone is 1. The van der Waals surface area contributed by atoms with Crippen molar-refractivity contribution in [1.82, 2.24) is 5.32 Å². The van der Waals surface area contributed by atoms with E-state index in [4.69, 9.17) is 0 Å². The summed E-state index contributed by atoms with van der Waals surface area (Å²) < 4.78 is 0. The second-order valence-corrected chi connectivity index (χ2v) is 7.97. The van der Waals surface area contributed by atoms with Gasteiger partial charge in [-0.3, -0.25) is 0 Å². The van der Waals surface area contributed by atoms with Gasteiger partial charge in [-0.15, -0.1) is 0 Å². The second kappa shape index (κ2) is 3.62. The number of hydrogen-bond donors (Lipinski definition) is 1. The van der Waals surface area contributed by atoms with E-state index in [2.05, 4.69) is 17.5 Å². The molecule has 0 radical (unpaired) electrons. The molecular weight excluding hydrogens is 218 g/mol. The first kappa shape index (κ1) is 10.5. The average Bonchev–Trinajstić information content (AvgIpc) is 2.69. The van der Waals surface area contributed by atoms with Crippen LogP contribution in [0.5, 0.6) is 0 Å². The number of hydrogen-bond acceptors (Lipinski definition) is 1. The monoisotopic (exact) mass is 243 g/mol. The molecule has 0 heterocycles. The maximum absolute atomic E-state index is 4.12. The van der Waals surface area contributed by atoms with Gasteiger partial charge in [0.25, 0.3) is 0 Å². The van der Waals surface area contributed by atoms with Crippen molar-refractivity contribution in [3.8, 4) is 0 Å². The summed E-state index contributed by atoms with van der Waals surface area (Å²) in [6.45, 7) is 0. The molecule has 0 aromatic rings. The molecule has 3 atom stereocenters. The Kier molecular flexibility index (Phi) is 2.11. The fraction of sp³-hybridized carbons (Fsp3) is 0.882. The highest BCUT2D eigenvalue weighted by atomic mass is 15.0. The molecule has 0 saturated heterocycles. The number of nitrogens with one attached hydrogen (secondary N) is 1. The van der Waals surface area contributed by atoms with Gasteiger partial charge in [0, 0.05) is 12.1 Å². The first-order chi connectivity index (χ1) is 8.87. The lowest BCUT2D eigenvalue weighted by Gasteiger charge is -2.56. The molecule has 0 aromatic heterocycles. The largest absolute Gasteiger partial charge is 0.310 e. The summed E-state index contributed by atoms with van der Waals surface area (Å²) in [5.74, 6) is 6.25. The maximum atomic E-state index is 4.12. The van der Waals surface area contributed by atoms with Gasteiger partial charge in [-0.2, -0.15) is 0 Å². The highest BCUT2D eigenvalue weighted by molar-refractivity contribution is 5.14. The van der Waals surface area contributed by atoms with Gasteiger partial charge in [-0.25, -0.2) is 0 Å². The zero-order valence-electron chi connectivity index (χ0n) is 11.2. The second-order valence-electron chi connectivity index (χ2n) is 7.97. The molecule has 6 aliphatic rings. The van der Waals surface area contributed by atoms with Crippen LogP contribution in [-0.4, -0.2) is 12.1 Å². The van der Waals surface area contributed by atoms with Crippen molar-refractivity contribution in [2.75, 3.05) is 0 Å². The SMILES string of the molecule is C1=CC2C(C1)CC2NC1C2CC3CC(C2)CC1C3. The normalized spacial score (nSPS) is 59.8. The van der Waals surface area contributed by atoms with E-state index >= 15 is 0 Å². The van der Waals surface area contributed by atoms with Gasteiger partial charge in [-0.1, -0.05) is 12.2 Å². The van der Waals surface area contributed by atoms with E-state index in [0.29, 0.717) is 0 Å². The Bertz CT molecular complexity index is 357. The van der Waals surface area contributed by atoms with Crippen molar-refractivity contribution in [2.24, 2.45) is 35.5 Å². The minimum absolute atomic E-state index is 0.844. The fourth-order valence-electron chi connectivity index (χ4n) is 6.35. The van der Waals surface area contributed by atoms with E-state index in [1.807, 2.05) is 0 Å². The Hall–Kier alpha value is -0.300. The van der Waals surface area contributed by atoms with Gasteiger partial charge in [0.2, 0.25) is 0 Å². The minimum Gasteiger partial charge on any atom is -0.310 e. The van der Waals surface area contributed by atoms with Crippen LogP contribution in [0, 0.1) is 35.5 Å². The van der Waals surface area contributed by atoms with Crippen molar-refractivity contribution in [3.05, 3.63) is 12.2 Å².